The standard InChI is InChI=1S/C33H34ClF2NO4/c1-21-27-16-30(40-31-4-2-3-14-39-31)28(34)17-29(27)41-33(32(21)23-5-9-25(36)10-6-23)24-7-11-26(12-8-24)38-15-13-37-19-22(18-35)20-37/h5-12,16-17,22,29,31H,2-4,13-15,18-20H2,1H3. The lowest BCUT2D eigenvalue weighted by molar-refractivity contribution is -0.136. The summed E-state index contributed by atoms with van der Waals surface area (Å²) in [6.45, 7) is 5.37. The van der Waals surface area contributed by atoms with Gasteiger partial charge in [0.25, 0.3) is 0 Å². The van der Waals surface area contributed by atoms with Crippen LogP contribution in [0.5, 0.6) is 5.75 Å². The lowest BCUT2D eigenvalue weighted by atomic mass is 9.86. The highest BCUT2D eigenvalue weighted by Gasteiger charge is 2.33. The van der Waals surface area contributed by atoms with E-state index in [1.54, 1.807) is 12.1 Å². The first kappa shape index (κ1) is 28.0. The average Bonchev–Trinajstić information content (AvgIpc) is 2.96. The highest BCUT2D eigenvalue weighted by atomic mass is 35.5. The van der Waals surface area contributed by atoms with Crippen LogP contribution in [0.25, 0.3) is 11.3 Å². The van der Waals surface area contributed by atoms with Gasteiger partial charge in [-0.1, -0.05) is 23.7 Å². The molecule has 0 bridgehead atoms. The number of alkyl halides is 1. The van der Waals surface area contributed by atoms with Crippen LogP contribution in [0.4, 0.5) is 8.78 Å². The molecule has 2 atom stereocenters. The Balaban J connectivity index is 1.27. The van der Waals surface area contributed by atoms with E-state index in [2.05, 4.69) is 4.90 Å². The van der Waals surface area contributed by atoms with Gasteiger partial charge in [-0.15, -0.1) is 0 Å². The fourth-order valence-electron chi connectivity index (χ4n) is 5.68. The van der Waals surface area contributed by atoms with E-state index in [0.29, 0.717) is 29.8 Å². The SMILES string of the molecule is CC1=C2C=C(OC3CCCCO3)C(Cl)=CC2OC(c2ccc(OCCN3CC(CF)C3)cc2)=C1c1ccc(F)cc1. The summed E-state index contributed by atoms with van der Waals surface area (Å²) in [6, 6.07) is 14.2. The van der Waals surface area contributed by atoms with Crippen LogP contribution in [0, 0.1) is 11.7 Å². The third-order valence-corrected chi connectivity index (χ3v) is 8.29. The highest BCUT2D eigenvalue weighted by molar-refractivity contribution is 6.32. The zero-order chi connectivity index (χ0) is 28.3. The first-order valence-electron chi connectivity index (χ1n) is 14.3. The minimum Gasteiger partial charge on any atom is -0.492 e. The van der Waals surface area contributed by atoms with Gasteiger partial charge in [0, 0.05) is 48.7 Å². The molecule has 0 aromatic heterocycles. The van der Waals surface area contributed by atoms with Crippen LogP contribution >= 0.6 is 11.6 Å². The summed E-state index contributed by atoms with van der Waals surface area (Å²) in [4.78, 5) is 2.19. The van der Waals surface area contributed by atoms with Crippen molar-refractivity contribution in [3.63, 3.8) is 0 Å². The number of halogens is 3. The monoisotopic (exact) mass is 581 g/mol. The Hall–Kier alpha value is -3.13. The summed E-state index contributed by atoms with van der Waals surface area (Å²) >= 11 is 6.67. The molecule has 41 heavy (non-hydrogen) atoms. The minimum absolute atomic E-state index is 0.167. The Kier molecular flexibility index (Phi) is 8.47. The van der Waals surface area contributed by atoms with Gasteiger partial charge in [0.05, 0.1) is 18.3 Å². The molecule has 4 aliphatic rings. The Morgan fingerprint density at radius 1 is 1.02 bits per heavy atom. The number of allylic oxidation sites excluding steroid dienone is 3. The third-order valence-electron chi connectivity index (χ3n) is 7.98. The smallest absolute Gasteiger partial charge is 0.199 e. The molecule has 0 amide bonds. The van der Waals surface area contributed by atoms with Gasteiger partial charge in [0.15, 0.2) is 6.29 Å². The zero-order valence-corrected chi connectivity index (χ0v) is 23.8. The number of hydrogen-bond acceptors (Lipinski definition) is 5. The van der Waals surface area contributed by atoms with Crippen LogP contribution in [-0.2, 0) is 14.2 Å². The molecule has 2 unspecified atom stereocenters. The summed E-state index contributed by atoms with van der Waals surface area (Å²) in [7, 11) is 0. The quantitative estimate of drug-likeness (QED) is 0.312. The van der Waals surface area contributed by atoms with E-state index in [1.807, 2.05) is 43.3 Å². The molecule has 1 aliphatic carbocycles. The van der Waals surface area contributed by atoms with Gasteiger partial charge in [0.1, 0.15) is 35.8 Å². The number of ether oxygens (including phenoxy) is 4. The molecule has 216 valence electrons. The van der Waals surface area contributed by atoms with E-state index in [-0.39, 0.29) is 24.7 Å². The van der Waals surface area contributed by atoms with Crippen molar-refractivity contribution in [2.45, 2.75) is 38.6 Å². The van der Waals surface area contributed by atoms with E-state index < -0.39 is 6.10 Å². The molecular weight excluding hydrogens is 548 g/mol. The summed E-state index contributed by atoms with van der Waals surface area (Å²) in [5.41, 5.74) is 4.52. The average molecular weight is 582 g/mol. The molecule has 5 nitrogen and oxygen atoms in total. The molecule has 8 heteroatoms. The van der Waals surface area contributed by atoms with Crippen molar-refractivity contribution < 1.29 is 27.7 Å². The summed E-state index contributed by atoms with van der Waals surface area (Å²) in [5.74, 6) is 1.86. The van der Waals surface area contributed by atoms with Crippen molar-refractivity contribution in [1.29, 1.82) is 0 Å². The van der Waals surface area contributed by atoms with Crippen LogP contribution in [0.2, 0.25) is 0 Å². The number of fused-ring (bicyclic) bond motifs is 1. The molecule has 6 rings (SSSR count). The molecule has 3 aliphatic heterocycles. The fourth-order valence-corrected chi connectivity index (χ4v) is 5.90. The molecule has 2 aromatic rings. The first-order chi connectivity index (χ1) is 20.0. The number of hydrogen-bond donors (Lipinski definition) is 0. The van der Waals surface area contributed by atoms with Crippen molar-refractivity contribution in [3.8, 4) is 5.75 Å². The summed E-state index contributed by atoms with van der Waals surface area (Å²) in [5, 5.41) is 0.481. The van der Waals surface area contributed by atoms with Crippen molar-refractivity contribution in [3.05, 3.63) is 99.6 Å². The Labute approximate surface area is 244 Å². The van der Waals surface area contributed by atoms with Crippen LogP contribution in [0.1, 0.15) is 37.3 Å². The van der Waals surface area contributed by atoms with Crippen LogP contribution in [0.3, 0.4) is 0 Å². The maximum Gasteiger partial charge on any atom is 0.199 e. The van der Waals surface area contributed by atoms with Crippen molar-refractivity contribution in [1.82, 2.24) is 4.90 Å². The van der Waals surface area contributed by atoms with E-state index in [9.17, 15) is 8.78 Å². The number of nitrogens with zero attached hydrogens (tertiary/aromatic N) is 1. The van der Waals surface area contributed by atoms with Crippen molar-refractivity contribution >= 4 is 22.9 Å². The number of likely N-dealkylation sites (tertiary alicyclic amines) is 1. The van der Waals surface area contributed by atoms with Gasteiger partial charge in [-0.05, 0) is 79.5 Å². The lowest BCUT2D eigenvalue weighted by Crippen LogP contribution is -2.49. The van der Waals surface area contributed by atoms with Crippen LogP contribution in [-0.4, -0.2) is 56.8 Å². The number of rotatable bonds is 9. The predicted octanol–water partition coefficient (Wildman–Crippen LogP) is 7.25. The third kappa shape index (κ3) is 6.22. The van der Waals surface area contributed by atoms with Gasteiger partial charge in [-0.2, -0.15) is 0 Å². The van der Waals surface area contributed by atoms with Gasteiger partial charge < -0.3 is 18.9 Å². The van der Waals surface area contributed by atoms with Crippen LogP contribution in [0.15, 0.2) is 82.6 Å². The second-order valence-electron chi connectivity index (χ2n) is 10.9. The highest BCUT2D eigenvalue weighted by Crippen LogP contribution is 2.44. The van der Waals surface area contributed by atoms with E-state index in [0.717, 1.165) is 72.5 Å². The first-order valence-corrected chi connectivity index (χ1v) is 14.6. The Morgan fingerprint density at radius 3 is 2.49 bits per heavy atom. The minimum atomic E-state index is -0.401. The van der Waals surface area contributed by atoms with Gasteiger partial charge in [0.2, 0.25) is 0 Å². The van der Waals surface area contributed by atoms with Crippen LogP contribution < -0.4 is 4.74 Å². The molecule has 0 spiro atoms. The zero-order valence-electron chi connectivity index (χ0n) is 23.1. The number of benzene rings is 2. The van der Waals surface area contributed by atoms with Gasteiger partial charge >= 0.3 is 0 Å². The van der Waals surface area contributed by atoms with Crippen molar-refractivity contribution in [2.75, 3.05) is 39.5 Å². The largest absolute Gasteiger partial charge is 0.492 e. The lowest BCUT2D eigenvalue weighted by Gasteiger charge is -2.37. The molecule has 3 heterocycles. The van der Waals surface area contributed by atoms with E-state index in [1.165, 1.54) is 12.1 Å². The summed E-state index contributed by atoms with van der Waals surface area (Å²) in [6.07, 6.45) is 5.98. The van der Waals surface area contributed by atoms with Crippen molar-refractivity contribution in [2.24, 2.45) is 5.92 Å². The van der Waals surface area contributed by atoms with E-state index in [4.69, 9.17) is 30.5 Å². The second kappa shape index (κ2) is 12.4. The Bertz CT molecular complexity index is 1370. The normalized spacial score (nSPS) is 23.3. The maximum atomic E-state index is 13.9. The molecule has 0 radical (unpaired) electrons. The molecule has 0 saturated carbocycles. The molecular formula is C33H34ClF2NO4. The molecule has 2 saturated heterocycles. The molecule has 2 fully saturated rings. The fraction of sp³-hybridized carbons (Fsp3) is 0.394. The topological polar surface area (TPSA) is 40.2 Å². The van der Waals surface area contributed by atoms with Gasteiger partial charge in [-0.25, -0.2) is 4.39 Å². The van der Waals surface area contributed by atoms with Gasteiger partial charge in [-0.3, -0.25) is 9.29 Å². The van der Waals surface area contributed by atoms with E-state index >= 15 is 0 Å². The molecule has 0 N–H and O–H groups in total. The Morgan fingerprint density at radius 2 is 1.78 bits per heavy atom. The summed E-state index contributed by atoms with van der Waals surface area (Å²) < 4.78 is 51.0. The predicted molar refractivity (Wildman–Crippen MR) is 155 cm³/mol. The maximum absolute atomic E-state index is 13.9. The molecule has 2 aromatic carbocycles. The second-order valence-corrected chi connectivity index (χ2v) is 11.3.